The van der Waals surface area contributed by atoms with E-state index in [1.807, 2.05) is 0 Å². The van der Waals surface area contributed by atoms with E-state index in [0.717, 1.165) is 10.2 Å². The molecule has 1 nitrogen and oxygen atoms in total. The van der Waals surface area contributed by atoms with Gasteiger partial charge in [-0.3, -0.25) is 0 Å². The monoisotopic (exact) mass is 291 g/mol. The summed E-state index contributed by atoms with van der Waals surface area (Å²) in [5.74, 6) is 0. The normalized spacial score (nSPS) is 10.1. The van der Waals surface area contributed by atoms with E-state index in [-0.39, 0.29) is 12.4 Å². The molecule has 13 heavy (non-hydrogen) atoms. The van der Waals surface area contributed by atoms with Gasteiger partial charge in [0.25, 0.3) is 15.2 Å². The van der Waals surface area contributed by atoms with Crippen LogP contribution in [0.4, 0.5) is 0 Å². The van der Waals surface area contributed by atoms with Crippen LogP contribution >= 0.6 is 55.7 Å². The van der Waals surface area contributed by atoms with Gasteiger partial charge in [-0.05, 0) is 6.07 Å². The Hall–Kier alpha value is 0.620. The predicted octanol–water partition coefficient (Wildman–Crippen LogP) is 1.60. The highest BCUT2D eigenvalue weighted by Crippen LogP contribution is 2.38. The van der Waals surface area contributed by atoms with Gasteiger partial charge < -0.3 is 12.4 Å². The van der Waals surface area contributed by atoms with Gasteiger partial charge in [-0.1, -0.05) is 34.8 Å². The van der Waals surface area contributed by atoms with E-state index < -0.39 is 0 Å². The summed E-state index contributed by atoms with van der Waals surface area (Å²) in [7, 11) is 2.83. The average Bonchev–Trinajstić information content (AvgIpc) is 2.48. The number of halogens is 4. The summed E-state index contributed by atoms with van der Waals surface area (Å²) in [5.41, 5.74) is 0.737. The summed E-state index contributed by atoms with van der Waals surface area (Å²) in [6, 6.07) is 1.61. The molecule has 0 spiro atoms. The number of hydrogen-bond donors (Lipinski definition) is 0. The zero-order chi connectivity index (χ0) is 8.72. The largest absolute Gasteiger partial charge is 1.00 e. The van der Waals surface area contributed by atoms with Crippen LogP contribution in [0.2, 0.25) is 15.1 Å². The third-order valence-corrected chi connectivity index (χ3v) is 4.38. The highest BCUT2D eigenvalue weighted by molar-refractivity contribution is 7.70. The van der Waals surface area contributed by atoms with Crippen molar-refractivity contribution in [3.63, 3.8) is 0 Å². The molecule has 1 aromatic carbocycles. The molecule has 70 valence electrons. The van der Waals surface area contributed by atoms with Crippen molar-refractivity contribution in [2.75, 3.05) is 0 Å². The van der Waals surface area contributed by atoms with Crippen molar-refractivity contribution in [2.24, 2.45) is 0 Å². The van der Waals surface area contributed by atoms with Gasteiger partial charge in [0.05, 0.1) is 10.0 Å². The van der Waals surface area contributed by atoms with Crippen LogP contribution in [-0.4, -0.2) is 4.37 Å². The van der Waals surface area contributed by atoms with Crippen LogP contribution in [0.3, 0.4) is 0 Å². The third-order valence-electron chi connectivity index (χ3n) is 1.35. The average molecular weight is 293 g/mol. The summed E-state index contributed by atoms with van der Waals surface area (Å²) in [5, 5.41) is 1.57. The lowest BCUT2D eigenvalue weighted by molar-refractivity contribution is -0.00000198. The molecule has 0 radical (unpaired) electrons. The first-order chi connectivity index (χ1) is 5.70. The molecule has 1 aromatic heterocycles. The molecule has 1 heterocycles. The van der Waals surface area contributed by atoms with Gasteiger partial charge in [-0.2, -0.15) is 0 Å². The minimum absolute atomic E-state index is 0. The summed E-state index contributed by atoms with van der Waals surface area (Å²) in [6.07, 6.45) is 0. The van der Waals surface area contributed by atoms with Gasteiger partial charge in [-0.25, -0.2) is 0 Å². The van der Waals surface area contributed by atoms with Crippen LogP contribution < -0.4 is 12.4 Å². The number of aromatic nitrogens is 1. The Morgan fingerprint density at radius 2 is 1.92 bits per heavy atom. The van der Waals surface area contributed by atoms with E-state index in [2.05, 4.69) is 4.37 Å². The number of hydrogen-bond acceptors (Lipinski definition) is 2. The van der Waals surface area contributed by atoms with Gasteiger partial charge in [0.2, 0.25) is 0 Å². The Labute approximate surface area is 103 Å². The van der Waals surface area contributed by atoms with Crippen molar-refractivity contribution in [1.82, 2.24) is 4.37 Å². The molecule has 0 unspecified atom stereocenters. The number of rotatable bonds is 0. The fraction of sp³-hybridized carbons (Fsp3) is 0. The first-order valence-electron chi connectivity index (χ1n) is 2.92. The summed E-state index contributed by atoms with van der Waals surface area (Å²) < 4.78 is 4.97. The lowest BCUT2D eigenvalue weighted by atomic mass is 10.3. The number of fused-ring (bicyclic) bond motifs is 1. The van der Waals surface area contributed by atoms with Gasteiger partial charge in [0.15, 0.2) is 5.52 Å². The van der Waals surface area contributed by atoms with E-state index >= 15 is 0 Å². The van der Waals surface area contributed by atoms with Crippen molar-refractivity contribution in [2.45, 2.75) is 0 Å². The van der Waals surface area contributed by atoms with E-state index in [1.165, 1.54) is 20.9 Å². The summed E-state index contributed by atoms with van der Waals surface area (Å²) >= 11 is 17.6. The van der Waals surface area contributed by atoms with E-state index in [0.29, 0.717) is 15.1 Å². The quantitative estimate of drug-likeness (QED) is 0.408. The first kappa shape index (κ1) is 11.7. The fourth-order valence-electron chi connectivity index (χ4n) is 0.818. The molecule has 0 amide bonds. The smallest absolute Gasteiger partial charge is 0.325 e. The molecular weight excluding hydrogens is 292 g/mol. The molecular formula is C6HCl4NS2. The topological polar surface area (TPSA) is 12.9 Å². The zero-order valence-electron chi connectivity index (χ0n) is 5.85. The Morgan fingerprint density at radius 3 is 2.62 bits per heavy atom. The minimum Gasteiger partial charge on any atom is -1.00 e. The Kier molecular flexibility index (Phi) is 3.98. The molecule has 0 fully saturated rings. The lowest BCUT2D eigenvalue weighted by Gasteiger charge is -1.92. The van der Waals surface area contributed by atoms with Gasteiger partial charge in [-0.15, -0.1) is 4.37 Å². The standard InChI is InChI=1S/C6HCl3NS2.ClH/c7-2-1-3(8)5-6(4(2)9)11-12-10-5;/h1H;1H/q+1;/p-1. The molecule has 0 bridgehead atoms. The van der Waals surface area contributed by atoms with Crippen LogP contribution in [0.15, 0.2) is 6.07 Å². The summed E-state index contributed by atoms with van der Waals surface area (Å²) in [6.45, 7) is 0. The molecule has 2 aromatic rings. The second kappa shape index (κ2) is 4.43. The molecule has 0 aliphatic heterocycles. The van der Waals surface area contributed by atoms with Gasteiger partial charge in [0, 0.05) is 0 Å². The van der Waals surface area contributed by atoms with Crippen LogP contribution in [0, 0.1) is 0 Å². The highest BCUT2D eigenvalue weighted by Gasteiger charge is 2.20. The van der Waals surface area contributed by atoms with Gasteiger partial charge in [0.1, 0.15) is 5.02 Å². The van der Waals surface area contributed by atoms with Crippen molar-refractivity contribution < 1.29 is 12.4 Å². The van der Waals surface area contributed by atoms with Crippen molar-refractivity contribution in [3.05, 3.63) is 21.1 Å². The molecule has 0 N–H and O–H groups in total. The van der Waals surface area contributed by atoms with Gasteiger partial charge >= 0.3 is 10.3 Å². The third kappa shape index (κ3) is 2.01. The molecule has 7 heteroatoms. The lowest BCUT2D eigenvalue weighted by Crippen LogP contribution is -3.00. The Morgan fingerprint density at radius 1 is 1.23 bits per heavy atom. The molecule has 0 aliphatic rings. The van der Waals surface area contributed by atoms with Crippen molar-refractivity contribution in [3.8, 4) is 0 Å². The maximum absolute atomic E-state index is 5.93. The van der Waals surface area contributed by atoms with Crippen LogP contribution in [-0.2, 0) is 0 Å². The Bertz CT molecular complexity index is 441. The Balaban J connectivity index is 0.000000845. The zero-order valence-corrected chi connectivity index (χ0v) is 10.5. The minimum atomic E-state index is 0. The second-order valence-electron chi connectivity index (χ2n) is 2.08. The molecule has 0 atom stereocenters. The summed E-state index contributed by atoms with van der Waals surface area (Å²) in [4.78, 5) is 0. The number of nitrogens with zero attached hydrogens (tertiary/aromatic N) is 1. The maximum atomic E-state index is 5.93. The predicted molar refractivity (Wildman–Crippen MR) is 56.9 cm³/mol. The first-order valence-corrected chi connectivity index (χ1v) is 6.16. The SMILES string of the molecule is Clc1cc(Cl)c2ns[s+]c2c1Cl.[Cl-]. The van der Waals surface area contributed by atoms with Crippen LogP contribution in [0.1, 0.15) is 0 Å². The van der Waals surface area contributed by atoms with E-state index in [9.17, 15) is 0 Å². The van der Waals surface area contributed by atoms with Crippen molar-refractivity contribution in [1.29, 1.82) is 0 Å². The number of benzene rings is 1. The molecule has 2 rings (SSSR count). The fourth-order valence-corrected chi connectivity index (χ4v) is 3.78. The van der Waals surface area contributed by atoms with E-state index in [4.69, 9.17) is 34.8 Å². The maximum Gasteiger partial charge on any atom is 0.325 e. The molecule has 0 saturated carbocycles. The molecule has 0 saturated heterocycles. The second-order valence-corrected chi connectivity index (χ2v) is 5.13. The van der Waals surface area contributed by atoms with Crippen LogP contribution in [0.5, 0.6) is 0 Å². The molecule has 0 aliphatic carbocycles. The van der Waals surface area contributed by atoms with Crippen LogP contribution in [0.25, 0.3) is 10.2 Å². The van der Waals surface area contributed by atoms with Crippen molar-refractivity contribution >= 4 is 65.9 Å². The highest BCUT2D eigenvalue weighted by atomic mass is 35.5. The van der Waals surface area contributed by atoms with E-state index in [1.54, 1.807) is 6.07 Å².